The second-order valence-corrected chi connectivity index (χ2v) is 7.97. The van der Waals surface area contributed by atoms with Crippen molar-refractivity contribution in [2.75, 3.05) is 6.54 Å². The molecule has 29 heavy (non-hydrogen) atoms. The van der Waals surface area contributed by atoms with Crippen LogP contribution < -0.4 is 5.32 Å². The van der Waals surface area contributed by atoms with Crippen LogP contribution in [0.25, 0.3) is 0 Å². The molecule has 2 aliphatic rings. The van der Waals surface area contributed by atoms with Crippen LogP contribution in [0.4, 0.5) is 4.39 Å². The summed E-state index contributed by atoms with van der Waals surface area (Å²) in [6, 6.07) is 6.29. The number of aromatic nitrogens is 3. The molecule has 1 saturated carbocycles. The van der Waals surface area contributed by atoms with Crippen LogP contribution >= 0.6 is 0 Å². The van der Waals surface area contributed by atoms with Crippen molar-refractivity contribution in [1.82, 2.24) is 25.2 Å². The summed E-state index contributed by atoms with van der Waals surface area (Å²) < 4.78 is 14.7. The standard InChI is InChI=1S/C21H26FN5O2/c22-16-9-7-15(8-10-16)12-20(28)27-11-3-6-18(27)13-26-14-19(24-25-26)21(29)23-17-4-1-2-5-17/h7-10,14,17-18H,1-6,11-13H2,(H,23,29). The average molecular weight is 399 g/mol. The SMILES string of the molecule is O=C(NC1CCCC1)c1cn(CC2CCCN2C(=O)Cc2ccc(F)cc2)nn1. The van der Waals surface area contributed by atoms with Crippen molar-refractivity contribution < 1.29 is 14.0 Å². The van der Waals surface area contributed by atoms with Crippen molar-refractivity contribution >= 4 is 11.8 Å². The number of carbonyl (C=O) groups excluding carboxylic acids is 2. The van der Waals surface area contributed by atoms with Crippen LogP contribution in [0.15, 0.2) is 30.5 Å². The summed E-state index contributed by atoms with van der Waals surface area (Å²) in [5.41, 5.74) is 1.12. The molecule has 1 unspecified atom stereocenters. The lowest BCUT2D eigenvalue weighted by Gasteiger charge is -2.24. The van der Waals surface area contributed by atoms with E-state index < -0.39 is 0 Å². The third-order valence-corrected chi connectivity index (χ3v) is 5.83. The molecule has 1 aliphatic carbocycles. The number of hydrogen-bond donors (Lipinski definition) is 1. The predicted molar refractivity (Wildman–Crippen MR) is 105 cm³/mol. The van der Waals surface area contributed by atoms with E-state index in [1.54, 1.807) is 23.0 Å². The summed E-state index contributed by atoms with van der Waals surface area (Å²) in [6.07, 6.45) is 8.08. The molecule has 154 valence electrons. The molecule has 2 amide bonds. The van der Waals surface area contributed by atoms with Gasteiger partial charge in [-0.25, -0.2) is 9.07 Å². The largest absolute Gasteiger partial charge is 0.348 e. The summed E-state index contributed by atoms with van der Waals surface area (Å²) in [6.45, 7) is 1.22. The minimum atomic E-state index is -0.306. The van der Waals surface area contributed by atoms with Gasteiger partial charge in [0.25, 0.3) is 5.91 Å². The number of nitrogens with zero attached hydrogens (tertiary/aromatic N) is 4. The van der Waals surface area contributed by atoms with Gasteiger partial charge in [0.2, 0.25) is 5.91 Å². The van der Waals surface area contributed by atoms with Crippen molar-refractivity contribution in [3.8, 4) is 0 Å². The van der Waals surface area contributed by atoms with Gasteiger partial charge in [-0.3, -0.25) is 9.59 Å². The van der Waals surface area contributed by atoms with Crippen LogP contribution in [0.2, 0.25) is 0 Å². The van der Waals surface area contributed by atoms with Gasteiger partial charge in [-0.15, -0.1) is 5.10 Å². The van der Waals surface area contributed by atoms with Crippen molar-refractivity contribution in [3.63, 3.8) is 0 Å². The van der Waals surface area contributed by atoms with Gasteiger partial charge in [0.1, 0.15) is 5.82 Å². The lowest BCUT2D eigenvalue weighted by Crippen LogP contribution is -2.39. The fraction of sp³-hybridized carbons (Fsp3) is 0.524. The minimum Gasteiger partial charge on any atom is -0.348 e. The molecule has 2 fully saturated rings. The summed E-state index contributed by atoms with van der Waals surface area (Å²) >= 11 is 0. The van der Waals surface area contributed by atoms with E-state index in [4.69, 9.17) is 0 Å². The van der Waals surface area contributed by atoms with E-state index in [0.717, 1.165) is 44.1 Å². The zero-order valence-electron chi connectivity index (χ0n) is 16.4. The Hall–Kier alpha value is -2.77. The number of nitrogens with one attached hydrogen (secondary N) is 1. The Bertz CT molecular complexity index is 860. The predicted octanol–water partition coefficient (Wildman–Crippen LogP) is 2.32. The first kappa shape index (κ1) is 19.5. The minimum absolute atomic E-state index is 0.0235. The molecule has 8 heteroatoms. The second-order valence-electron chi connectivity index (χ2n) is 7.97. The molecular formula is C21H26FN5O2. The van der Waals surface area contributed by atoms with Gasteiger partial charge in [-0.2, -0.15) is 0 Å². The van der Waals surface area contributed by atoms with E-state index in [0.29, 0.717) is 18.8 Å². The molecular weight excluding hydrogens is 373 g/mol. The first-order valence-electron chi connectivity index (χ1n) is 10.3. The van der Waals surface area contributed by atoms with E-state index in [-0.39, 0.29) is 36.1 Å². The highest BCUT2D eigenvalue weighted by atomic mass is 19.1. The smallest absolute Gasteiger partial charge is 0.273 e. The van der Waals surface area contributed by atoms with Crippen molar-refractivity contribution in [2.24, 2.45) is 0 Å². The molecule has 7 nitrogen and oxygen atoms in total. The van der Waals surface area contributed by atoms with Gasteiger partial charge in [-0.1, -0.05) is 30.2 Å². The maximum atomic E-state index is 13.1. The zero-order chi connectivity index (χ0) is 20.2. The van der Waals surface area contributed by atoms with Crippen LogP contribution in [0.1, 0.15) is 54.6 Å². The van der Waals surface area contributed by atoms with Crippen LogP contribution in [0, 0.1) is 5.82 Å². The Morgan fingerprint density at radius 1 is 1.10 bits per heavy atom. The van der Waals surface area contributed by atoms with Gasteiger partial charge in [-0.05, 0) is 43.4 Å². The van der Waals surface area contributed by atoms with Crippen molar-refractivity contribution in [2.45, 2.75) is 63.6 Å². The van der Waals surface area contributed by atoms with E-state index in [1.165, 1.54) is 12.1 Å². The summed E-state index contributed by atoms with van der Waals surface area (Å²) in [5, 5.41) is 11.1. The maximum Gasteiger partial charge on any atom is 0.273 e. The molecule has 1 saturated heterocycles. The Morgan fingerprint density at radius 3 is 2.62 bits per heavy atom. The summed E-state index contributed by atoms with van der Waals surface area (Å²) in [4.78, 5) is 26.9. The zero-order valence-corrected chi connectivity index (χ0v) is 16.4. The topological polar surface area (TPSA) is 80.1 Å². The number of benzene rings is 1. The Balaban J connectivity index is 1.34. The third-order valence-electron chi connectivity index (χ3n) is 5.83. The number of likely N-dealkylation sites (tertiary alicyclic amines) is 1. The highest BCUT2D eigenvalue weighted by Crippen LogP contribution is 2.21. The number of amides is 2. The van der Waals surface area contributed by atoms with E-state index >= 15 is 0 Å². The van der Waals surface area contributed by atoms with Crippen LogP contribution in [-0.2, 0) is 17.8 Å². The molecule has 4 rings (SSSR count). The molecule has 2 heterocycles. The number of rotatable bonds is 6. The quantitative estimate of drug-likeness (QED) is 0.809. The lowest BCUT2D eigenvalue weighted by atomic mass is 10.1. The van der Waals surface area contributed by atoms with Gasteiger partial charge in [0.05, 0.1) is 25.2 Å². The third kappa shape index (κ3) is 4.81. The highest BCUT2D eigenvalue weighted by Gasteiger charge is 2.29. The van der Waals surface area contributed by atoms with Gasteiger partial charge < -0.3 is 10.2 Å². The first-order valence-corrected chi connectivity index (χ1v) is 10.3. The molecule has 1 aromatic heterocycles. The molecule has 1 aliphatic heterocycles. The molecule has 1 aromatic carbocycles. The number of carbonyl (C=O) groups is 2. The molecule has 0 radical (unpaired) electrons. The Labute approximate surface area is 169 Å². The fourth-order valence-corrected chi connectivity index (χ4v) is 4.27. The van der Waals surface area contributed by atoms with Crippen LogP contribution in [0.5, 0.6) is 0 Å². The number of halogens is 1. The monoisotopic (exact) mass is 399 g/mol. The van der Waals surface area contributed by atoms with Crippen LogP contribution in [0.3, 0.4) is 0 Å². The molecule has 2 aromatic rings. The lowest BCUT2D eigenvalue weighted by molar-refractivity contribution is -0.131. The summed E-state index contributed by atoms with van der Waals surface area (Å²) in [7, 11) is 0. The second kappa shape index (κ2) is 8.71. The fourth-order valence-electron chi connectivity index (χ4n) is 4.27. The molecule has 0 bridgehead atoms. The summed E-state index contributed by atoms with van der Waals surface area (Å²) in [5.74, 6) is -0.462. The number of hydrogen-bond acceptors (Lipinski definition) is 4. The van der Waals surface area contributed by atoms with E-state index in [9.17, 15) is 14.0 Å². The van der Waals surface area contributed by atoms with Gasteiger partial charge >= 0.3 is 0 Å². The van der Waals surface area contributed by atoms with E-state index in [1.807, 2.05) is 4.90 Å². The molecule has 1 atom stereocenters. The average Bonchev–Trinajstić information content (AvgIpc) is 3.46. The Morgan fingerprint density at radius 2 is 1.86 bits per heavy atom. The van der Waals surface area contributed by atoms with Crippen molar-refractivity contribution in [3.05, 3.63) is 47.5 Å². The van der Waals surface area contributed by atoms with Crippen molar-refractivity contribution in [1.29, 1.82) is 0 Å². The highest BCUT2D eigenvalue weighted by molar-refractivity contribution is 5.92. The van der Waals surface area contributed by atoms with Gasteiger partial charge in [0, 0.05) is 12.6 Å². The van der Waals surface area contributed by atoms with E-state index in [2.05, 4.69) is 15.6 Å². The molecule has 0 spiro atoms. The van der Waals surface area contributed by atoms with Crippen LogP contribution in [-0.4, -0.2) is 50.3 Å². The van der Waals surface area contributed by atoms with Gasteiger partial charge in [0.15, 0.2) is 5.69 Å². The normalized spacial score (nSPS) is 19.6. The molecule has 1 N–H and O–H groups in total. The maximum absolute atomic E-state index is 13.1. The Kier molecular flexibility index (Phi) is 5.87. The first-order chi connectivity index (χ1) is 14.1.